The summed E-state index contributed by atoms with van der Waals surface area (Å²) in [5, 5.41) is 0. The van der Waals surface area contributed by atoms with E-state index in [1.165, 1.54) is 17.0 Å². The summed E-state index contributed by atoms with van der Waals surface area (Å²) in [6.07, 6.45) is 0.177. The van der Waals surface area contributed by atoms with Crippen LogP contribution in [0.4, 0.5) is 10.1 Å². The Kier molecular flexibility index (Phi) is 4.62. The lowest BCUT2D eigenvalue weighted by Gasteiger charge is -2.10. The minimum atomic E-state index is -1.38. The largest absolute Gasteiger partial charge is 0.398 e. The third kappa shape index (κ3) is 3.81. The Balaban J connectivity index is 2.68. The Morgan fingerprint density at radius 1 is 1.47 bits per heavy atom. The Hall–Kier alpha value is -1.43. The third-order valence-electron chi connectivity index (χ3n) is 2.22. The van der Waals surface area contributed by atoms with Crippen LogP contribution in [-0.2, 0) is 15.6 Å². The molecule has 0 aliphatic rings. The summed E-state index contributed by atoms with van der Waals surface area (Å²) in [5.74, 6) is -0.376. The van der Waals surface area contributed by atoms with E-state index in [0.717, 1.165) is 6.07 Å². The van der Waals surface area contributed by atoms with E-state index in [2.05, 4.69) is 0 Å². The first-order valence-electron chi connectivity index (χ1n) is 5.05. The van der Waals surface area contributed by atoms with E-state index in [1.807, 2.05) is 0 Å². The van der Waals surface area contributed by atoms with Gasteiger partial charge in [-0.2, -0.15) is 0 Å². The SMILES string of the molecule is CN(C)C(=O)CCS(=O)c1ccc(F)cc1N. The van der Waals surface area contributed by atoms with Gasteiger partial charge in [0, 0.05) is 26.3 Å². The lowest BCUT2D eigenvalue weighted by Crippen LogP contribution is -2.23. The van der Waals surface area contributed by atoms with E-state index in [4.69, 9.17) is 5.73 Å². The van der Waals surface area contributed by atoms with Crippen molar-refractivity contribution in [3.05, 3.63) is 24.0 Å². The molecule has 1 atom stereocenters. The average Bonchev–Trinajstić information content (AvgIpc) is 2.25. The zero-order valence-electron chi connectivity index (χ0n) is 9.77. The number of anilines is 1. The van der Waals surface area contributed by atoms with E-state index in [-0.39, 0.29) is 23.8 Å². The van der Waals surface area contributed by atoms with Crippen molar-refractivity contribution in [1.82, 2.24) is 4.90 Å². The molecule has 0 saturated carbocycles. The zero-order valence-corrected chi connectivity index (χ0v) is 10.6. The number of carbonyl (C=O) groups excluding carboxylic acids is 1. The molecule has 4 nitrogen and oxygen atoms in total. The number of hydrogen-bond acceptors (Lipinski definition) is 3. The fraction of sp³-hybridized carbons (Fsp3) is 0.364. The number of nitrogen functional groups attached to an aromatic ring is 1. The summed E-state index contributed by atoms with van der Waals surface area (Å²) < 4.78 is 24.6. The van der Waals surface area contributed by atoms with E-state index in [9.17, 15) is 13.4 Å². The number of carbonyl (C=O) groups is 1. The average molecular weight is 258 g/mol. The summed E-state index contributed by atoms with van der Waals surface area (Å²) in [7, 11) is 1.89. The summed E-state index contributed by atoms with van der Waals surface area (Å²) in [6.45, 7) is 0. The summed E-state index contributed by atoms with van der Waals surface area (Å²) >= 11 is 0. The monoisotopic (exact) mass is 258 g/mol. The third-order valence-corrected chi connectivity index (χ3v) is 3.65. The van der Waals surface area contributed by atoms with Gasteiger partial charge in [0.25, 0.3) is 0 Å². The summed E-state index contributed by atoms with van der Waals surface area (Å²) in [4.78, 5) is 13.1. The molecular formula is C11H15FN2O2S. The van der Waals surface area contributed by atoms with Crippen LogP contribution in [-0.4, -0.2) is 34.9 Å². The second kappa shape index (κ2) is 5.77. The fourth-order valence-corrected chi connectivity index (χ4v) is 2.36. The van der Waals surface area contributed by atoms with Crippen molar-refractivity contribution in [2.75, 3.05) is 25.6 Å². The van der Waals surface area contributed by atoms with Gasteiger partial charge in [-0.05, 0) is 18.2 Å². The van der Waals surface area contributed by atoms with Gasteiger partial charge in [-0.15, -0.1) is 0 Å². The second-order valence-electron chi connectivity index (χ2n) is 3.77. The maximum Gasteiger partial charge on any atom is 0.222 e. The predicted octanol–water partition coefficient (Wildman–Crippen LogP) is 0.994. The van der Waals surface area contributed by atoms with Gasteiger partial charge in [-0.1, -0.05) is 0 Å². The van der Waals surface area contributed by atoms with Gasteiger partial charge in [0.15, 0.2) is 0 Å². The van der Waals surface area contributed by atoms with Crippen LogP contribution in [0.1, 0.15) is 6.42 Å². The molecule has 0 heterocycles. The Bertz CT molecular complexity index is 449. The molecule has 0 spiro atoms. The zero-order chi connectivity index (χ0) is 13.0. The minimum absolute atomic E-state index is 0.0981. The number of benzene rings is 1. The topological polar surface area (TPSA) is 63.4 Å². The van der Waals surface area contributed by atoms with Crippen LogP contribution in [0, 0.1) is 5.82 Å². The predicted molar refractivity (Wildman–Crippen MR) is 65.4 cm³/mol. The molecule has 1 unspecified atom stereocenters. The molecule has 0 bridgehead atoms. The van der Waals surface area contributed by atoms with Crippen LogP contribution in [0.2, 0.25) is 0 Å². The number of hydrogen-bond donors (Lipinski definition) is 1. The van der Waals surface area contributed by atoms with Crippen molar-refractivity contribution >= 4 is 22.4 Å². The van der Waals surface area contributed by atoms with Gasteiger partial charge in [-0.25, -0.2) is 4.39 Å². The number of rotatable bonds is 4. The summed E-state index contributed by atoms with van der Waals surface area (Å²) in [6, 6.07) is 3.72. The molecule has 0 aliphatic heterocycles. The molecule has 0 fully saturated rings. The highest BCUT2D eigenvalue weighted by atomic mass is 32.2. The van der Waals surface area contributed by atoms with Gasteiger partial charge in [0.1, 0.15) is 5.82 Å². The Morgan fingerprint density at radius 3 is 2.65 bits per heavy atom. The molecule has 0 aliphatic carbocycles. The van der Waals surface area contributed by atoms with E-state index in [1.54, 1.807) is 14.1 Å². The van der Waals surface area contributed by atoms with Crippen LogP contribution in [0.25, 0.3) is 0 Å². The number of amides is 1. The van der Waals surface area contributed by atoms with Gasteiger partial charge in [0.2, 0.25) is 5.91 Å². The van der Waals surface area contributed by atoms with Gasteiger partial charge in [0.05, 0.1) is 21.4 Å². The van der Waals surface area contributed by atoms with E-state index >= 15 is 0 Å². The van der Waals surface area contributed by atoms with Gasteiger partial charge >= 0.3 is 0 Å². The molecule has 0 radical (unpaired) electrons. The standard InChI is InChI=1S/C11H15FN2O2S/c1-14(2)11(15)5-6-17(16)10-4-3-8(12)7-9(10)13/h3-4,7H,5-6,13H2,1-2H3. The van der Waals surface area contributed by atoms with E-state index in [0.29, 0.717) is 4.90 Å². The lowest BCUT2D eigenvalue weighted by atomic mass is 10.3. The highest BCUT2D eigenvalue weighted by Crippen LogP contribution is 2.18. The molecule has 1 aromatic carbocycles. The van der Waals surface area contributed by atoms with Crippen molar-refractivity contribution in [2.24, 2.45) is 0 Å². The molecule has 1 rings (SSSR count). The molecule has 6 heteroatoms. The molecule has 1 amide bonds. The fourth-order valence-electron chi connectivity index (χ4n) is 1.24. The second-order valence-corrected chi connectivity index (χ2v) is 5.31. The highest BCUT2D eigenvalue weighted by Gasteiger charge is 2.12. The Labute approximate surface area is 102 Å². The summed E-state index contributed by atoms with van der Waals surface area (Å²) in [5.41, 5.74) is 5.71. The molecule has 17 heavy (non-hydrogen) atoms. The minimum Gasteiger partial charge on any atom is -0.398 e. The molecule has 0 aromatic heterocycles. The van der Waals surface area contributed by atoms with Crippen LogP contribution >= 0.6 is 0 Å². The highest BCUT2D eigenvalue weighted by molar-refractivity contribution is 7.85. The molecule has 94 valence electrons. The van der Waals surface area contributed by atoms with Crippen LogP contribution in [0.15, 0.2) is 23.1 Å². The maximum absolute atomic E-state index is 12.8. The van der Waals surface area contributed by atoms with Crippen molar-refractivity contribution in [2.45, 2.75) is 11.3 Å². The molecule has 2 N–H and O–H groups in total. The van der Waals surface area contributed by atoms with Crippen molar-refractivity contribution in [3.63, 3.8) is 0 Å². The maximum atomic E-state index is 12.8. The van der Waals surface area contributed by atoms with Crippen molar-refractivity contribution < 1.29 is 13.4 Å². The van der Waals surface area contributed by atoms with Crippen LogP contribution in [0.5, 0.6) is 0 Å². The Morgan fingerprint density at radius 2 is 2.12 bits per heavy atom. The van der Waals surface area contributed by atoms with Gasteiger partial charge in [-0.3, -0.25) is 9.00 Å². The van der Waals surface area contributed by atoms with E-state index < -0.39 is 16.6 Å². The number of halogens is 1. The first-order valence-corrected chi connectivity index (χ1v) is 6.37. The first kappa shape index (κ1) is 13.6. The smallest absolute Gasteiger partial charge is 0.222 e. The molecule has 1 aromatic rings. The van der Waals surface area contributed by atoms with Gasteiger partial charge < -0.3 is 10.6 Å². The van der Waals surface area contributed by atoms with Crippen molar-refractivity contribution in [3.8, 4) is 0 Å². The van der Waals surface area contributed by atoms with Crippen LogP contribution in [0.3, 0.4) is 0 Å². The van der Waals surface area contributed by atoms with Crippen LogP contribution < -0.4 is 5.73 Å². The normalized spacial score (nSPS) is 12.2. The number of nitrogens with two attached hydrogens (primary N) is 1. The lowest BCUT2D eigenvalue weighted by molar-refractivity contribution is -0.128. The quantitative estimate of drug-likeness (QED) is 0.819. The molecule has 0 saturated heterocycles. The number of nitrogens with zero attached hydrogens (tertiary/aromatic N) is 1. The molecular weight excluding hydrogens is 243 g/mol. The van der Waals surface area contributed by atoms with Crippen molar-refractivity contribution in [1.29, 1.82) is 0 Å². The first-order chi connectivity index (χ1) is 7.91.